The summed E-state index contributed by atoms with van der Waals surface area (Å²) >= 11 is 7.43. The Balaban J connectivity index is 2.24. The van der Waals surface area contributed by atoms with E-state index >= 15 is 0 Å². The van der Waals surface area contributed by atoms with Crippen LogP contribution in [0.5, 0.6) is 0 Å². The molecule has 0 amide bonds. The molecular weight excluding hydrogens is 190 g/mol. The van der Waals surface area contributed by atoms with Gasteiger partial charge in [0.25, 0.3) is 0 Å². The molecule has 1 aromatic heterocycles. The van der Waals surface area contributed by atoms with E-state index in [0.717, 1.165) is 17.4 Å². The molecule has 1 nitrogen and oxygen atoms in total. The van der Waals surface area contributed by atoms with Crippen molar-refractivity contribution in [2.24, 2.45) is 5.92 Å². The minimum absolute atomic E-state index is 0.709. The van der Waals surface area contributed by atoms with Gasteiger partial charge in [-0.25, -0.2) is 0 Å². The molecule has 68 valence electrons. The monoisotopic (exact) mass is 203 g/mol. The van der Waals surface area contributed by atoms with Gasteiger partial charge in [-0.15, -0.1) is 11.3 Å². The van der Waals surface area contributed by atoms with Crippen molar-refractivity contribution in [2.75, 3.05) is 6.54 Å². The van der Waals surface area contributed by atoms with Gasteiger partial charge < -0.3 is 5.32 Å². The zero-order chi connectivity index (χ0) is 8.97. The van der Waals surface area contributed by atoms with Crippen LogP contribution in [0, 0.1) is 5.92 Å². The van der Waals surface area contributed by atoms with E-state index in [9.17, 15) is 0 Å². The number of nitrogens with one attached hydrogen (secondary N) is 1. The molecule has 0 atom stereocenters. The third kappa shape index (κ3) is 3.57. The van der Waals surface area contributed by atoms with Gasteiger partial charge in [0.1, 0.15) is 0 Å². The lowest BCUT2D eigenvalue weighted by Crippen LogP contribution is -2.18. The van der Waals surface area contributed by atoms with E-state index in [1.165, 1.54) is 4.88 Å². The quantitative estimate of drug-likeness (QED) is 0.793. The highest BCUT2D eigenvalue weighted by Crippen LogP contribution is 2.20. The van der Waals surface area contributed by atoms with Gasteiger partial charge in [0.05, 0.1) is 4.34 Å². The van der Waals surface area contributed by atoms with E-state index in [1.54, 1.807) is 11.3 Å². The fourth-order valence-electron chi connectivity index (χ4n) is 0.931. The maximum Gasteiger partial charge on any atom is 0.0931 e. The predicted octanol–water partition coefficient (Wildman–Crippen LogP) is 3.15. The Kier molecular flexibility index (Phi) is 4.06. The summed E-state index contributed by atoms with van der Waals surface area (Å²) < 4.78 is 0.872. The average molecular weight is 204 g/mol. The maximum atomic E-state index is 5.79. The van der Waals surface area contributed by atoms with Crippen LogP contribution in [-0.4, -0.2) is 6.54 Å². The second-order valence-corrected chi connectivity index (χ2v) is 5.03. The van der Waals surface area contributed by atoms with Crippen molar-refractivity contribution in [1.82, 2.24) is 5.32 Å². The summed E-state index contributed by atoms with van der Waals surface area (Å²) in [4.78, 5) is 1.31. The van der Waals surface area contributed by atoms with Gasteiger partial charge >= 0.3 is 0 Å². The van der Waals surface area contributed by atoms with E-state index < -0.39 is 0 Å². The SMILES string of the molecule is CC(C)CNCc1ccc(Cl)s1. The van der Waals surface area contributed by atoms with Gasteiger partial charge in [-0.05, 0) is 24.6 Å². The third-order valence-corrected chi connectivity index (χ3v) is 2.71. The van der Waals surface area contributed by atoms with Crippen molar-refractivity contribution in [3.8, 4) is 0 Å². The molecule has 1 N–H and O–H groups in total. The maximum absolute atomic E-state index is 5.79. The molecule has 3 heteroatoms. The Labute approximate surface area is 82.7 Å². The number of rotatable bonds is 4. The fraction of sp³-hybridized carbons (Fsp3) is 0.556. The van der Waals surface area contributed by atoms with Crippen molar-refractivity contribution in [1.29, 1.82) is 0 Å². The molecule has 0 aliphatic rings. The van der Waals surface area contributed by atoms with E-state index in [2.05, 4.69) is 25.2 Å². The van der Waals surface area contributed by atoms with Crippen molar-refractivity contribution in [3.63, 3.8) is 0 Å². The van der Waals surface area contributed by atoms with Crippen LogP contribution in [0.4, 0.5) is 0 Å². The van der Waals surface area contributed by atoms with Crippen LogP contribution in [0.15, 0.2) is 12.1 Å². The minimum atomic E-state index is 0.709. The van der Waals surface area contributed by atoms with Crippen LogP contribution < -0.4 is 5.32 Å². The van der Waals surface area contributed by atoms with E-state index in [-0.39, 0.29) is 0 Å². The Morgan fingerprint density at radius 3 is 2.75 bits per heavy atom. The molecule has 1 rings (SSSR count). The summed E-state index contributed by atoms with van der Waals surface area (Å²) in [5.41, 5.74) is 0. The molecule has 0 bridgehead atoms. The Morgan fingerprint density at radius 1 is 1.50 bits per heavy atom. The molecule has 0 radical (unpaired) electrons. The first-order valence-electron chi connectivity index (χ1n) is 4.13. The molecule has 0 aliphatic heterocycles. The highest BCUT2D eigenvalue weighted by atomic mass is 35.5. The molecule has 0 fully saturated rings. The number of hydrogen-bond acceptors (Lipinski definition) is 2. The lowest BCUT2D eigenvalue weighted by Gasteiger charge is -2.04. The van der Waals surface area contributed by atoms with Crippen LogP contribution >= 0.6 is 22.9 Å². The molecular formula is C9H14ClNS. The number of hydrogen-bond donors (Lipinski definition) is 1. The van der Waals surface area contributed by atoms with Gasteiger partial charge in [-0.3, -0.25) is 0 Å². The first kappa shape index (κ1) is 10.0. The summed E-state index contributed by atoms with van der Waals surface area (Å²) in [7, 11) is 0. The lowest BCUT2D eigenvalue weighted by molar-refractivity contribution is 0.555. The summed E-state index contributed by atoms with van der Waals surface area (Å²) in [6.45, 7) is 6.41. The normalized spacial score (nSPS) is 11.0. The van der Waals surface area contributed by atoms with E-state index in [1.807, 2.05) is 6.07 Å². The minimum Gasteiger partial charge on any atom is -0.312 e. The highest BCUT2D eigenvalue weighted by Gasteiger charge is 1.97. The molecule has 12 heavy (non-hydrogen) atoms. The number of thiophene rings is 1. The van der Waals surface area contributed by atoms with Gasteiger partial charge in [0, 0.05) is 11.4 Å². The first-order valence-corrected chi connectivity index (χ1v) is 5.33. The molecule has 0 aromatic carbocycles. The number of halogens is 1. The standard InChI is InChI=1S/C9H14ClNS/c1-7(2)5-11-6-8-3-4-9(10)12-8/h3-4,7,11H,5-6H2,1-2H3. The van der Waals surface area contributed by atoms with E-state index in [0.29, 0.717) is 5.92 Å². The Bertz CT molecular complexity index is 232. The predicted molar refractivity (Wildman–Crippen MR) is 55.9 cm³/mol. The van der Waals surface area contributed by atoms with Crippen molar-refractivity contribution in [3.05, 3.63) is 21.3 Å². The molecule has 1 heterocycles. The third-order valence-electron chi connectivity index (χ3n) is 1.48. The summed E-state index contributed by atoms with van der Waals surface area (Å²) in [6.07, 6.45) is 0. The van der Waals surface area contributed by atoms with Crippen LogP contribution in [0.3, 0.4) is 0 Å². The van der Waals surface area contributed by atoms with Gasteiger partial charge in [0.15, 0.2) is 0 Å². The lowest BCUT2D eigenvalue weighted by atomic mass is 10.2. The van der Waals surface area contributed by atoms with Crippen LogP contribution in [0.25, 0.3) is 0 Å². The summed E-state index contributed by atoms with van der Waals surface area (Å²) in [6, 6.07) is 4.01. The molecule has 0 unspecified atom stereocenters. The zero-order valence-electron chi connectivity index (χ0n) is 7.43. The topological polar surface area (TPSA) is 12.0 Å². The molecule has 0 aliphatic carbocycles. The van der Waals surface area contributed by atoms with Crippen LogP contribution in [0.1, 0.15) is 18.7 Å². The average Bonchev–Trinajstić information content (AvgIpc) is 2.35. The van der Waals surface area contributed by atoms with Crippen molar-refractivity contribution in [2.45, 2.75) is 20.4 Å². The van der Waals surface area contributed by atoms with E-state index in [4.69, 9.17) is 11.6 Å². The fourth-order valence-corrected chi connectivity index (χ4v) is 1.99. The second-order valence-electron chi connectivity index (χ2n) is 3.23. The van der Waals surface area contributed by atoms with Crippen molar-refractivity contribution >= 4 is 22.9 Å². The molecule has 1 aromatic rings. The first-order chi connectivity index (χ1) is 5.68. The molecule has 0 saturated heterocycles. The zero-order valence-corrected chi connectivity index (χ0v) is 9.00. The smallest absolute Gasteiger partial charge is 0.0931 e. The molecule has 0 saturated carbocycles. The highest BCUT2D eigenvalue weighted by molar-refractivity contribution is 7.16. The van der Waals surface area contributed by atoms with Gasteiger partial charge in [0.2, 0.25) is 0 Å². The van der Waals surface area contributed by atoms with Gasteiger partial charge in [-0.2, -0.15) is 0 Å². The summed E-state index contributed by atoms with van der Waals surface area (Å²) in [5.74, 6) is 0.709. The van der Waals surface area contributed by atoms with Crippen LogP contribution in [-0.2, 0) is 6.54 Å². The largest absolute Gasteiger partial charge is 0.312 e. The summed E-state index contributed by atoms with van der Waals surface area (Å²) in [5, 5.41) is 3.37. The second kappa shape index (κ2) is 4.85. The Morgan fingerprint density at radius 2 is 2.25 bits per heavy atom. The Hall–Kier alpha value is -0.0500. The van der Waals surface area contributed by atoms with Crippen molar-refractivity contribution < 1.29 is 0 Å². The molecule has 0 spiro atoms. The van der Waals surface area contributed by atoms with Gasteiger partial charge in [-0.1, -0.05) is 25.4 Å². The van der Waals surface area contributed by atoms with Crippen LogP contribution in [0.2, 0.25) is 4.34 Å².